The van der Waals surface area contributed by atoms with Crippen molar-refractivity contribution < 1.29 is 9.90 Å². The summed E-state index contributed by atoms with van der Waals surface area (Å²) in [6, 6.07) is 9.08. The van der Waals surface area contributed by atoms with Crippen LogP contribution in [0.2, 0.25) is 0 Å². The number of hydrogen-bond acceptors (Lipinski definition) is 4. The Kier molecular flexibility index (Phi) is 3.28. The summed E-state index contributed by atoms with van der Waals surface area (Å²) in [6.07, 6.45) is 1.31. The summed E-state index contributed by atoms with van der Waals surface area (Å²) in [7, 11) is 0. The first-order valence-corrected chi connectivity index (χ1v) is 6.75. The number of nitrogen functional groups attached to an aromatic ring is 1. The van der Waals surface area contributed by atoms with Crippen LogP contribution in [0.3, 0.4) is 0 Å². The summed E-state index contributed by atoms with van der Waals surface area (Å²) < 4.78 is 0. The monoisotopic (exact) mass is 271 g/mol. The third-order valence-corrected chi connectivity index (χ3v) is 3.74. The number of anilines is 1. The van der Waals surface area contributed by atoms with Crippen LogP contribution in [0.5, 0.6) is 0 Å². The molecule has 1 saturated carbocycles. The molecule has 3 rings (SSSR count). The van der Waals surface area contributed by atoms with E-state index in [-0.39, 0.29) is 12.0 Å². The number of nitrogens with one attached hydrogen (secondary N) is 1. The Hall–Kier alpha value is -2.14. The third-order valence-electron chi connectivity index (χ3n) is 3.74. The maximum Gasteiger partial charge on any atom is 0.269 e. The molecule has 1 aliphatic rings. The van der Waals surface area contributed by atoms with Crippen LogP contribution >= 0.6 is 0 Å². The van der Waals surface area contributed by atoms with Gasteiger partial charge in [-0.15, -0.1) is 0 Å². The number of nitrogens with zero attached hydrogens (tertiary/aromatic N) is 1. The highest BCUT2D eigenvalue weighted by molar-refractivity contribution is 5.99. The predicted molar refractivity (Wildman–Crippen MR) is 77.2 cm³/mol. The fourth-order valence-corrected chi connectivity index (χ4v) is 2.51. The normalized spacial score (nSPS) is 21.4. The van der Waals surface area contributed by atoms with Gasteiger partial charge in [-0.1, -0.05) is 18.2 Å². The van der Waals surface area contributed by atoms with Crippen LogP contribution < -0.4 is 11.1 Å². The summed E-state index contributed by atoms with van der Waals surface area (Å²) in [5.41, 5.74) is 7.56. The minimum absolute atomic E-state index is 0.202. The number of carbonyl (C=O) groups excluding carboxylic acids is 1. The van der Waals surface area contributed by atoms with Crippen LogP contribution in [0.25, 0.3) is 10.9 Å². The smallest absolute Gasteiger partial charge is 0.269 e. The molecule has 0 unspecified atom stereocenters. The molecule has 0 radical (unpaired) electrons. The van der Waals surface area contributed by atoms with E-state index in [0.717, 1.165) is 23.7 Å². The molecular weight excluding hydrogens is 254 g/mol. The van der Waals surface area contributed by atoms with Gasteiger partial charge < -0.3 is 16.2 Å². The number of hydrogen-bond donors (Lipinski definition) is 3. The molecule has 1 amide bonds. The standard InChI is InChI=1S/C15H17N3O2/c16-12-7-14(18-13-4-2-1-3-11(12)13)15(20)17-8-9-5-10(19)6-9/h1-4,7,9-10,19H,5-6,8H2,(H2,16,18)(H,17,20). The molecule has 5 heteroatoms. The molecule has 4 N–H and O–H groups in total. The van der Waals surface area contributed by atoms with Crippen LogP contribution in [0.15, 0.2) is 30.3 Å². The largest absolute Gasteiger partial charge is 0.398 e. The fraction of sp³-hybridized carbons (Fsp3) is 0.333. The molecule has 0 atom stereocenters. The predicted octanol–water partition coefficient (Wildman–Crippen LogP) is 1.32. The molecule has 0 spiro atoms. The Bertz CT molecular complexity index is 651. The number of carbonyl (C=O) groups is 1. The van der Waals surface area contributed by atoms with Gasteiger partial charge in [-0.3, -0.25) is 4.79 Å². The molecule has 0 aliphatic heterocycles. The van der Waals surface area contributed by atoms with E-state index < -0.39 is 0 Å². The molecule has 2 aromatic rings. The number of amides is 1. The van der Waals surface area contributed by atoms with Gasteiger partial charge in [0.05, 0.1) is 11.6 Å². The zero-order valence-corrected chi connectivity index (χ0v) is 11.0. The van der Waals surface area contributed by atoms with Crippen molar-refractivity contribution in [2.75, 3.05) is 12.3 Å². The van der Waals surface area contributed by atoms with Crippen LogP contribution in [0, 0.1) is 5.92 Å². The number of fused-ring (bicyclic) bond motifs is 1. The van der Waals surface area contributed by atoms with E-state index in [2.05, 4.69) is 10.3 Å². The molecule has 0 bridgehead atoms. The Labute approximate surface area is 116 Å². The van der Waals surface area contributed by atoms with E-state index in [1.54, 1.807) is 6.07 Å². The van der Waals surface area contributed by atoms with Crippen LogP contribution in [0.1, 0.15) is 23.3 Å². The zero-order chi connectivity index (χ0) is 14.1. The van der Waals surface area contributed by atoms with E-state index in [1.165, 1.54) is 0 Å². The summed E-state index contributed by atoms with van der Waals surface area (Å²) in [5.74, 6) is 0.149. The van der Waals surface area contributed by atoms with Gasteiger partial charge in [0.1, 0.15) is 5.69 Å². The third kappa shape index (κ3) is 2.44. The Morgan fingerprint density at radius 2 is 2.15 bits per heavy atom. The van der Waals surface area contributed by atoms with E-state index in [4.69, 9.17) is 5.73 Å². The number of aliphatic hydroxyl groups excluding tert-OH is 1. The quantitative estimate of drug-likeness (QED) is 0.785. The van der Waals surface area contributed by atoms with Crippen LogP contribution in [-0.2, 0) is 0 Å². The van der Waals surface area contributed by atoms with Crippen molar-refractivity contribution in [1.82, 2.24) is 10.3 Å². The van der Waals surface area contributed by atoms with Crippen molar-refractivity contribution in [1.29, 1.82) is 0 Å². The van der Waals surface area contributed by atoms with Gasteiger partial charge in [0.25, 0.3) is 5.91 Å². The molecule has 0 saturated heterocycles. The lowest BCUT2D eigenvalue weighted by Crippen LogP contribution is -2.38. The second-order valence-corrected chi connectivity index (χ2v) is 5.32. The lowest BCUT2D eigenvalue weighted by molar-refractivity contribution is 0.0420. The minimum Gasteiger partial charge on any atom is -0.398 e. The second kappa shape index (κ2) is 5.09. The number of benzene rings is 1. The average molecular weight is 271 g/mol. The molecule has 5 nitrogen and oxygen atoms in total. The molecular formula is C15H17N3O2. The highest BCUT2D eigenvalue weighted by atomic mass is 16.3. The van der Waals surface area contributed by atoms with Gasteiger partial charge >= 0.3 is 0 Å². The lowest BCUT2D eigenvalue weighted by atomic mass is 9.82. The number of para-hydroxylation sites is 1. The van der Waals surface area contributed by atoms with E-state index >= 15 is 0 Å². The number of nitrogens with two attached hydrogens (primary N) is 1. The summed E-state index contributed by atoms with van der Waals surface area (Å²) in [6.45, 7) is 0.574. The van der Waals surface area contributed by atoms with Crippen molar-refractivity contribution in [3.63, 3.8) is 0 Å². The van der Waals surface area contributed by atoms with Crippen LogP contribution in [0.4, 0.5) is 5.69 Å². The highest BCUT2D eigenvalue weighted by Gasteiger charge is 2.27. The molecule has 1 aromatic heterocycles. The van der Waals surface area contributed by atoms with Gasteiger partial charge in [-0.05, 0) is 30.9 Å². The SMILES string of the molecule is Nc1cc(C(=O)NCC2CC(O)C2)nc2ccccc12. The van der Waals surface area contributed by atoms with E-state index in [1.807, 2.05) is 24.3 Å². The molecule has 104 valence electrons. The van der Waals surface area contributed by atoms with E-state index in [9.17, 15) is 9.90 Å². The summed E-state index contributed by atoms with van der Waals surface area (Å²) >= 11 is 0. The number of pyridine rings is 1. The lowest BCUT2D eigenvalue weighted by Gasteiger charge is -2.31. The van der Waals surface area contributed by atoms with Crippen LogP contribution in [-0.4, -0.2) is 28.6 Å². The van der Waals surface area contributed by atoms with Gasteiger partial charge in [-0.2, -0.15) is 0 Å². The number of rotatable bonds is 3. The maximum absolute atomic E-state index is 12.1. The van der Waals surface area contributed by atoms with Gasteiger partial charge in [0, 0.05) is 17.6 Å². The molecule has 1 heterocycles. The van der Waals surface area contributed by atoms with Crippen molar-refractivity contribution >= 4 is 22.5 Å². The zero-order valence-electron chi connectivity index (χ0n) is 11.0. The first-order valence-electron chi connectivity index (χ1n) is 6.75. The van der Waals surface area contributed by atoms with Gasteiger partial charge in [0.15, 0.2) is 0 Å². The van der Waals surface area contributed by atoms with Crippen molar-refractivity contribution in [2.24, 2.45) is 5.92 Å². The second-order valence-electron chi connectivity index (χ2n) is 5.32. The first-order chi connectivity index (χ1) is 9.63. The van der Waals surface area contributed by atoms with Gasteiger partial charge in [0.2, 0.25) is 0 Å². The Balaban J connectivity index is 1.74. The highest BCUT2D eigenvalue weighted by Crippen LogP contribution is 2.26. The van der Waals surface area contributed by atoms with Crippen molar-refractivity contribution in [3.05, 3.63) is 36.0 Å². The summed E-state index contributed by atoms with van der Waals surface area (Å²) in [5, 5.41) is 12.9. The Morgan fingerprint density at radius 3 is 2.90 bits per heavy atom. The van der Waals surface area contributed by atoms with E-state index in [0.29, 0.717) is 23.8 Å². The fourth-order valence-electron chi connectivity index (χ4n) is 2.51. The molecule has 20 heavy (non-hydrogen) atoms. The van der Waals surface area contributed by atoms with Crippen molar-refractivity contribution in [2.45, 2.75) is 18.9 Å². The topological polar surface area (TPSA) is 88.2 Å². The van der Waals surface area contributed by atoms with Gasteiger partial charge in [-0.25, -0.2) is 4.98 Å². The first kappa shape index (κ1) is 12.9. The Morgan fingerprint density at radius 1 is 1.40 bits per heavy atom. The number of aromatic nitrogens is 1. The van der Waals surface area contributed by atoms with Crippen molar-refractivity contribution in [3.8, 4) is 0 Å². The minimum atomic E-state index is -0.219. The number of aliphatic hydroxyl groups is 1. The molecule has 1 aromatic carbocycles. The summed E-state index contributed by atoms with van der Waals surface area (Å²) in [4.78, 5) is 16.4. The maximum atomic E-state index is 12.1. The molecule has 1 fully saturated rings. The average Bonchev–Trinajstić information content (AvgIpc) is 2.42. The molecule has 1 aliphatic carbocycles.